The fourth-order valence-corrected chi connectivity index (χ4v) is 15.4. The zero-order valence-electron chi connectivity index (χ0n) is 35.1. The van der Waals surface area contributed by atoms with Gasteiger partial charge in [0, 0.05) is 56.2 Å². The first-order valence-corrected chi connectivity index (χ1v) is 23.1. The van der Waals surface area contributed by atoms with Gasteiger partial charge in [0.15, 0.2) is 12.6 Å². The third-order valence-electron chi connectivity index (χ3n) is 13.2. The summed E-state index contributed by atoms with van der Waals surface area (Å²) < 4.78 is 68.0. The maximum Gasteiger partial charge on any atom is 0.317 e. The van der Waals surface area contributed by atoms with Crippen LogP contribution in [0.15, 0.2) is 48.9 Å². The zero-order valence-corrected chi connectivity index (χ0v) is 36.1. The monoisotopic (exact) mass is 825 g/mol. The van der Waals surface area contributed by atoms with E-state index in [-0.39, 0.29) is 42.2 Å². The van der Waals surface area contributed by atoms with Gasteiger partial charge in [-0.1, -0.05) is 53.5 Å². The van der Waals surface area contributed by atoms with Crippen molar-refractivity contribution in [3.05, 3.63) is 66.1 Å². The van der Waals surface area contributed by atoms with Gasteiger partial charge in [0.05, 0.1) is 29.1 Å². The van der Waals surface area contributed by atoms with Crippen molar-refractivity contribution >= 4 is 35.6 Å². The topological polar surface area (TPSA) is 90.7 Å². The number of rotatable bonds is 13. The van der Waals surface area contributed by atoms with Crippen LogP contribution in [-0.4, -0.2) is 95.6 Å². The molecule has 3 aliphatic rings. The SMILES string of the molecule is COCOc1cc(-c2nc(N3CC[C@@H]3Cn3cccn3)c3cnc(OC[C@@]45CCCN4C[C@H](F)C5)nc3c2F)c2c(C#C[Si](C(C)C)(C(C)C)C(C)C)c(F)ccc2c1. The number of anilines is 1. The van der Waals surface area contributed by atoms with Crippen molar-refractivity contribution in [2.45, 2.75) is 108 Å². The van der Waals surface area contributed by atoms with E-state index < -0.39 is 31.4 Å². The van der Waals surface area contributed by atoms with Crippen LogP contribution in [-0.2, 0) is 11.3 Å². The highest BCUT2D eigenvalue weighted by Gasteiger charge is 2.49. The number of methoxy groups -OCH3 is 1. The average molecular weight is 826 g/mol. The molecular weight excluding hydrogens is 772 g/mol. The Bertz CT molecular complexity index is 2380. The minimum Gasteiger partial charge on any atom is -0.468 e. The van der Waals surface area contributed by atoms with Gasteiger partial charge in [0.1, 0.15) is 49.4 Å². The molecule has 10 nitrogen and oxygen atoms in total. The molecule has 0 saturated carbocycles. The van der Waals surface area contributed by atoms with Crippen LogP contribution in [0.4, 0.5) is 19.0 Å². The van der Waals surface area contributed by atoms with Crippen molar-refractivity contribution in [3.8, 4) is 34.5 Å². The van der Waals surface area contributed by atoms with Crippen LogP contribution in [0.25, 0.3) is 32.9 Å². The molecule has 3 fully saturated rings. The molecule has 0 N–H and O–H groups in total. The van der Waals surface area contributed by atoms with Crippen LogP contribution >= 0.6 is 0 Å². The summed E-state index contributed by atoms with van der Waals surface area (Å²) in [6.07, 6.45) is 7.31. The van der Waals surface area contributed by atoms with Gasteiger partial charge < -0.3 is 19.1 Å². The predicted octanol–water partition coefficient (Wildman–Crippen LogP) is 9.11. The van der Waals surface area contributed by atoms with Gasteiger partial charge in [-0.25, -0.2) is 23.1 Å². The van der Waals surface area contributed by atoms with Crippen LogP contribution < -0.4 is 14.4 Å². The van der Waals surface area contributed by atoms with Crippen LogP contribution in [0.1, 0.15) is 72.8 Å². The molecule has 3 aliphatic heterocycles. The number of alkyl halides is 1. The van der Waals surface area contributed by atoms with Crippen molar-refractivity contribution in [1.29, 1.82) is 0 Å². The molecule has 0 aliphatic carbocycles. The molecule has 5 aromatic rings. The molecular formula is C45H54F3N7O3Si. The molecule has 6 heterocycles. The second kappa shape index (κ2) is 16.4. The van der Waals surface area contributed by atoms with Crippen molar-refractivity contribution in [2.24, 2.45) is 0 Å². The molecule has 0 radical (unpaired) electrons. The van der Waals surface area contributed by atoms with Crippen molar-refractivity contribution in [3.63, 3.8) is 0 Å². The smallest absolute Gasteiger partial charge is 0.317 e. The molecule has 8 rings (SSSR count). The summed E-state index contributed by atoms with van der Waals surface area (Å²) in [6.45, 7) is 15.9. The fourth-order valence-electron chi connectivity index (χ4n) is 10.2. The predicted molar refractivity (Wildman–Crippen MR) is 227 cm³/mol. The van der Waals surface area contributed by atoms with Crippen LogP contribution in [0.2, 0.25) is 16.6 Å². The molecule has 0 spiro atoms. The lowest BCUT2D eigenvalue weighted by atomic mass is 9.95. The van der Waals surface area contributed by atoms with E-state index in [0.29, 0.717) is 76.0 Å². The zero-order chi connectivity index (χ0) is 41.6. The first-order chi connectivity index (χ1) is 28.3. The van der Waals surface area contributed by atoms with Gasteiger partial charge in [-0.2, -0.15) is 10.1 Å². The van der Waals surface area contributed by atoms with E-state index in [1.165, 1.54) is 13.2 Å². The second-order valence-electron chi connectivity index (χ2n) is 17.4. The number of fused-ring (bicyclic) bond motifs is 3. The molecule has 312 valence electrons. The molecule has 59 heavy (non-hydrogen) atoms. The van der Waals surface area contributed by atoms with E-state index in [9.17, 15) is 4.39 Å². The lowest BCUT2D eigenvalue weighted by Crippen LogP contribution is -2.50. The number of nitrogens with zero attached hydrogens (tertiary/aromatic N) is 7. The van der Waals surface area contributed by atoms with Gasteiger partial charge >= 0.3 is 6.01 Å². The molecule has 0 amide bonds. The van der Waals surface area contributed by atoms with E-state index >= 15 is 8.78 Å². The Labute approximate surface area is 345 Å². The Balaban J connectivity index is 1.33. The Morgan fingerprint density at radius 1 is 1.02 bits per heavy atom. The number of ether oxygens (including phenoxy) is 3. The summed E-state index contributed by atoms with van der Waals surface area (Å²) in [5.74, 6) is 3.04. The van der Waals surface area contributed by atoms with Gasteiger partial charge in [-0.15, -0.1) is 5.54 Å². The Morgan fingerprint density at radius 2 is 1.81 bits per heavy atom. The van der Waals surface area contributed by atoms with Crippen molar-refractivity contribution in [1.82, 2.24) is 29.6 Å². The maximum atomic E-state index is 17.7. The molecule has 0 bridgehead atoms. The van der Waals surface area contributed by atoms with E-state index in [2.05, 4.69) is 72.9 Å². The molecule has 2 aromatic carbocycles. The number of hydrogen-bond donors (Lipinski definition) is 0. The summed E-state index contributed by atoms with van der Waals surface area (Å²) in [5.41, 5.74) is 4.69. The standard InChI is InChI=1S/C45H54F3N7O3Si/c1-28(2)59(29(3)4,30(5)6)19-13-35-38(47)11-10-31-20-34(58-27-56-7)21-36(39(31)35)41-40(48)42-37(43(51-41)55-18-12-33(55)25-54-17-9-15-50-54)23-49-44(52-42)57-26-45-14-8-16-53(45)24-32(46)22-45/h9-11,15,17,20-21,23,28-30,32-33H,8,12,14,16,18,22,24-27H2,1-7H3/t32-,33-,45+/m1/s1. The van der Waals surface area contributed by atoms with E-state index in [1.807, 2.05) is 16.9 Å². The molecule has 3 atom stereocenters. The third-order valence-corrected chi connectivity index (χ3v) is 19.4. The fraction of sp³-hybridized carbons (Fsp3) is 0.511. The largest absolute Gasteiger partial charge is 0.468 e. The molecule has 0 unspecified atom stereocenters. The lowest BCUT2D eigenvalue weighted by Gasteiger charge is -2.42. The van der Waals surface area contributed by atoms with Gasteiger partial charge in [-0.3, -0.25) is 9.58 Å². The second-order valence-corrected chi connectivity index (χ2v) is 23.0. The Morgan fingerprint density at radius 3 is 2.51 bits per heavy atom. The number of hydrogen-bond acceptors (Lipinski definition) is 9. The summed E-state index contributed by atoms with van der Waals surface area (Å²) in [7, 11) is -0.790. The quantitative estimate of drug-likeness (QED) is 0.0656. The number of halogens is 3. The van der Waals surface area contributed by atoms with Crippen molar-refractivity contribution < 1.29 is 27.4 Å². The summed E-state index contributed by atoms with van der Waals surface area (Å²) in [5, 5.41) is 5.89. The molecule has 3 saturated heterocycles. The normalized spacial score (nSPS) is 20.8. The third kappa shape index (κ3) is 7.44. The van der Waals surface area contributed by atoms with E-state index in [4.69, 9.17) is 24.2 Å². The summed E-state index contributed by atoms with van der Waals surface area (Å²) in [4.78, 5) is 18.7. The molecule has 3 aromatic heterocycles. The maximum absolute atomic E-state index is 17.7. The summed E-state index contributed by atoms with van der Waals surface area (Å²) in [6, 6.07) is 8.44. The minimum atomic E-state index is -2.31. The van der Waals surface area contributed by atoms with Gasteiger partial charge in [0.25, 0.3) is 0 Å². The van der Waals surface area contributed by atoms with Gasteiger partial charge in [-0.05, 0) is 72.1 Å². The summed E-state index contributed by atoms with van der Waals surface area (Å²) >= 11 is 0. The lowest BCUT2D eigenvalue weighted by molar-refractivity contribution is 0.0512. The number of pyridine rings is 1. The van der Waals surface area contributed by atoms with E-state index in [1.54, 1.807) is 30.6 Å². The average Bonchev–Trinajstić information content (AvgIpc) is 3.93. The van der Waals surface area contributed by atoms with Crippen LogP contribution in [0.5, 0.6) is 11.8 Å². The highest BCUT2D eigenvalue weighted by Crippen LogP contribution is 2.44. The first kappa shape index (κ1) is 41.0. The highest BCUT2D eigenvalue weighted by atomic mass is 28.3. The van der Waals surface area contributed by atoms with E-state index in [0.717, 1.165) is 25.8 Å². The minimum absolute atomic E-state index is 0.00303. The van der Waals surface area contributed by atoms with Gasteiger partial charge in [0.2, 0.25) is 0 Å². The first-order valence-electron chi connectivity index (χ1n) is 20.9. The molecule has 14 heteroatoms. The highest BCUT2D eigenvalue weighted by molar-refractivity contribution is 6.90. The Hall–Kier alpha value is -4.71. The number of benzene rings is 2. The van der Waals surface area contributed by atoms with Crippen LogP contribution in [0, 0.1) is 23.1 Å². The Kier molecular flexibility index (Phi) is 11.4. The van der Waals surface area contributed by atoms with Crippen LogP contribution in [0.3, 0.4) is 0 Å². The van der Waals surface area contributed by atoms with Crippen molar-refractivity contribution in [2.75, 3.05) is 45.0 Å². The number of aromatic nitrogens is 5.